The molecule has 0 spiro atoms. The molecule has 5 rings (SSSR count). The van der Waals surface area contributed by atoms with Crippen LogP contribution >= 0.6 is 0 Å². The molecule has 2 fully saturated rings. The Labute approximate surface area is 206 Å². The number of fused-ring (bicyclic) bond motifs is 1. The maximum Gasteiger partial charge on any atom is 0.340 e. The first kappa shape index (κ1) is 23.7. The Hall–Kier alpha value is -3.07. The fraction of sp³-hybridized carbons (Fsp3) is 0.462. The van der Waals surface area contributed by atoms with Gasteiger partial charge in [0.05, 0.1) is 17.6 Å². The lowest BCUT2D eigenvalue weighted by molar-refractivity contribution is 0.0602. The van der Waals surface area contributed by atoms with Crippen LogP contribution in [0.2, 0.25) is 0 Å². The summed E-state index contributed by atoms with van der Waals surface area (Å²) in [6, 6.07) is 11.4. The van der Waals surface area contributed by atoms with Crippen LogP contribution in [-0.2, 0) is 14.6 Å². The molecule has 0 atom stereocenters. The predicted octanol–water partition coefficient (Wildman–Crippen LogP) is 3.91. The van der Waals surface area contributed by atoms with Gasteiger partial charge in [0, 0.05) is 55.7 Å². The minimum atomic E-state index is -3.20. The molecule has 0 bridgehead atoms. The van der Waals surface area contributed by atoms with Crippen molar-refractivity contribution in [1.82, 2.24) is 9.55 Å². The molecule has 2 aliphatic rings. The summed E-state index contributed by atoms with van der Waals surface area (Å²) < 4.78 is 30.7. The molecule has 0 amide bonds. The number of carbonyl (C=O) groups is 1. The van der Waals surface area contributed by atoms with Crippen LogP contribution in [0, 0.1) is 5.92 Å². The summed E-state index contributed by atoms with van der Waals surface area (Å²) in [5, 5.41) is 0.838. The van der Waals surface area contributed by atoms with E-state index in [0.717, 1.165) is 67.5 Å². The lowest BCUT2D eigenvalue weighted by Crippen LogP contribution is -2.46. The smallest absolute Gasteiger partial charge is 0.340 e. The van der Waals surface area contributed by atoms with Crippen LogP contribution in [-0.4, -0.2) is 63.5 Å². The maximum absolute atomic E-state index is 12.4. The summed E-state index contributed by atoms with van der Waals surface area (Å²) in [5.41, 5.74) is 2.44. The molecule has 1 saturated heterocycles. The third-order valence-electron chi connectivity index (χ3n) is 7.48. The van der Waals surface area contributed by atoms with E-state index in [2.05, 4.69) is 21.3 Å². The van der Waals surface area contributed by atoms with Crippen LogP contribution in [0.15, 0.2) is 47.5 Å². The number of nitrogens with zero attached hydrogens (tertiary/aromatic N) is 4. The van der Waals surface area contributed by atoms with Crippen LogP contribution < -0.4 is 9.80 Å². The molecule has 0 radical (unpaired) electrons. The number of hydrogen-bond donors (Lipinski definition) is 0. The number of aromatic nitrogens is 2. The molecule has 35 heavy (non-hydrogen) atoms. The molecule has 1 aliphatic carbocycles. The molecule has 0 unspecified atom stereocenters. The van der Waals surface area contributed by atoms with Gasteiger partial charge in [-0.2, -0.15) is 0 Å². The fourth-order valence-corrected chi connectivity index (χ4v) is 5.83. The summed E-state index contributed by atoms with van der Waals surface area (Å²) >= 11 is 0. The lowest BCUT2D eigenvalue weighted by atomic mass is 9.78. The highest BCUT2D eigenvalue weighted by molar-refractivity contribution is 7.90. The van der Waals surface area contributed by atoms with Gasteiger partial charge >= 0.3 is 5.97 Å². The number of sulfone groups is 1. The van der Waals surface area contributed by atoms with E-state index in [0.29, 0.717) is 16.5 Å². The van der Waals surface area contributed by atoms with Crippen molar-refractivity contribution >= 4 is 38.3 Å². The maximum atomic E-state index is 12.4. The Morgan fingerprint density at radius 2 is 1.69 bits per heavy atom. The van der Waals surface area contributed by atoms with Gasteiger partial charge in [0.15, 0.2) is 9.84 Å². The zero-order valence-corrected chi connectivity index (χ0v) is 21.3. The third-order valence-corrected chi connectivity index (χ3v) is 8.61. The fourth-order valence-electron chi connectivity index (χ4n) is 5.20. The Balaban J connectivity index is 1.35. The molecule has 2 aromatic heterocycles. The van der Waals surface area contributed by atoms with E-state index in [1.807, 2.05) is 30.5 Å². The number of anilines is 2. The van der Waals surface area contributed by atoms with Crippen LogP contribution in [0.1, 0.15) is 42.6 Å². The highest BCUT2D eigenvalue weighted by Crippen LogP contribution is 2.42. The summed E-state index contributed by atoms with van der Waals surface area (Å²) in [6.07, 6.45) is 6.55. The van der Waals surface area contributed by atoms with Crippen molar-refractivity contribution in [2.45, 2.75) is 37.1 Å². The zero-order chi connectivity index (χ0) is 24.7. The van der Waals surface area contributed by atoms with Crippen molar-refractivity contribution < 1.29 is 17.9 Å². The van der Waals surface area contributed by atoms with Gasteiger partial charge in [-0.25, -0.2) is 18.2 Å². The van der Waals surface area contributed by atoms with E-state index >= 15 is 0 Å². The first-order valence-corrected chi connectivity index (χ1v) is 14.1. The van der Waals surface area contributed by atoms with Gasteiger partial charge in [-0.15, -0.1) is 0 Å². The molecule has 0 N–H and O–H groups in total. The zero-order valence-electron chi connectivity index (χ0n) is 20.5. The highest BCUT2D eigenvalue weighted by Gasteiger charge is 2.32. The van der Waals surface area contributed by atoms with E-state index in [1.165, 1.54) is 19.8 Å². The number of hydrogen-bond acceptors (Lipinski definition) is 7. The number of methoxy groups -OCH3 is 1. The molecule has 1 aromatic carbocycles. The van der Waals surface area contributed by atoms with E-state index in [9.17, 15) is 13.2 Å². The number of pyridine rings is 1. The van der Waals surface area contributed by atoms with Crippen molar-refractivity contribution in [3.8, 4) is 0 Å². The second-order valence-electron chi connectivity index (χ2n) is 9.62. The van der Waals surface area contributed by atoms with Crippen LogP contribution in [0.5, 0.6) is 0 Å². The van der Waals surface area contributed by atoms with Gasteiger partial charge in [-0.05, 0) is 55.2 Å². The topological polar surface area (TPSA) is 84.7 Å². The molecule has 1 saturated carbocycles. The van der Waals surface area contributed by atoms with Gasteiger partial charge in [0.2, 0.25) is 0 Å². The largest absolute Gasteiger partial charge is 0.465 e. The van der Waals surface area contributed by atoms with E-state index < -0.39 is 9.84 Å². The number of carbonyl (C=O) groups excluding carboxylic acids is 1. The Morgan fingerprint density at radius 3 is 2.29 bits per heavy atom. The predicted molar refractivity (Wildman–Crippen MR) is 137 cm³/mol. The molecule has 3 heterocycles. The minimum absolute atomic E-state index is 0.329. The average molecular weight is 497 g/mol. The van der Waals surface area contributed by atoms with E-state index in [1.54, 1.807) is 12.1 Å². The van der Waals surface area contributed by atoms with Gasteiger partial charge in [0.1, 0.15) is 11.5 Å². The summed E-state index contributed by atoms with van der Waals surface area (Å²) in [6.45, 7) is 5.46. The van der Waals surface area contributed by atoms with Crippen molar-refractivity contribution in [2.24, 2.45) is 5.92 Å². The normalized spacial score (nSPS) is 20.7. The molecule has 3 aromatic rings. The molecule has 186 valence electrons. The standard InChI is InChI=1S/C26H32N4O4S/c1-4-18-15-20(16-18)30-17-23(26(31)34-2)22-9-10-24(27-25(22)30)29-13-11-28(12-14-29)19-5-7-21(8-6-19)35(3,32)33/h5-10,17-18,20H,4,11-16H2,1-3H3. The number of benzene rings is 1. The van der Waals surface area contributed by atoms with Gasteiger partial charge in [0.25, 0.3) is 0 Å². The van der Waals surface area contributed by atoms with Crippen LogP contribution in [0.4, 0.5) is 11.5 Å². The van der Waals surface area contributed by atoms with E-state index in [4.69, 9.17) is 9.72 Å². The summed E-state index contributed by atoms with van der Waals surface area (Å²) in [7, 11) is -1.78. The van der Waals surface area contributed by atoms with Gasteiger partial charge < -0.3 is 19.1 Å². The van der Waals surface area contributed by atoms with Gasteiger partial charge in [-0.1, -0.05) is 13.3 Å². The monoisotopic (exact) mass is 496 g/mol. The molecular weight excluding hydrogens is 464 g/mol. The van der Waals surface area contributed by atoms with Crippen molar-refractivity contribution in [3.63, 3.8) is 0 Å². The first-order chi connectivity index (χ1) is 16.8. The molecule has 1 aliphatic heterocycles. The second-order valence-corrected chi connectivity index (χ2v) is 11.6. The van der Waals surface area contributed by atoms with Crippen molar-refractivity contribution in [2.75, 3.05) is 49.3 Å². The number of esters is 1. The Kier molecular flexibility index (Phi) is 6.21. The van der Waals surface area contributed by atoms with E-state index in [-0.39, 0.29) is 5.97 Å². The number of ether oxygens (including phenoxy) is 1. The molecule has 8 nitrogen and oxygen atoms in total. The third kappa shape index (κ3) is 4.49. The van der Waals surface area contributed by atoms with Crippen molar-refractivity contribution in [1.29, 1.82) is 0 Å². The van der Waals surface area contributed by atoms with Crippen molar-refractivity contribution in [3.05, 3.63) is 48.2 Å². The highest BCUT2D eigenvalue weighted by atomic mass is 32.2. The van der Waals surface area contributed by atoms with Crippen LogP contribution in [0.25, 0.3) is 11.0 Å². The Bertz CT molecular complexity index is 1340. The lowest BCUT2D eigenvalue weighted by Gasteiger charge is -2.37. The second kappa shape index (κ2) is 9.18. The molecular formula is C26H32N4O4S. The Morgan fingerprint density at radius 1 is 1.03 bits per heavy atom. The van der Waals surface area contributed by atoms with Gasteiger partial charge in [-0.3, -0.25) is 0 Å². The number of rotatable bonds is 6. The first-order valence-electron chi connectivity index (χ1n) is 12.2. The minimum Gasteiger partial charge on any atom is -0.465 e. The summed E-state index contributed by atoms with van der Waals surface area (Å²) in [5.74, 6) is 1.32. The summed E-state index contributed by atoms with van der Waals surface area (Å²) in [4.78, 5) is 22.3. The molecule has 9 heteroatoms. The SMILES string of the molecule is CCC1CC(n2cc(C(=O)OC)c3ccc(N4CCN(c5ccc(S(C)(=O)=O)cc5)CC4)nc32)C1. The number of piperazine rings is 1. The van der Waals surface area contributed by atoms with Crippen LogP contribution in [0.3, 0.4) is 0 Å². The quantitative estimate of drug-likeness (QED) is 0.478. The average Bonchev–Trinajstić information content (AvgIpc) is 3.21.